The summed E-state index contributed by atoms with van der Waals surface area (Å²) >= 11 is 6.65. The summed E-state index contributed by atoms with van der Waals surface area (Å²) in [7, 11) is 0. The van der Waals surface area contributed by atoms with Gasteiger partial charge in [0, 0.05) is 34.2 Å². The highest BCUT2D eigenvalue weighted by Crippen LogP contribution is 2.39. The van der Waals surface area contributed by atoms with Gasteiger partial charge in [0.2, 0.25) is 11.6 Å². The average molecular weight is 646 g/mol. The number of nitro groups is 2. The number of halogens is 2. The Kier molecular flexibility index (Phi) is 7.92. The van der Waals surface area contributed by atoms with Crippen molar-refractivity contribution in [2.24, 2.45) is 5.10 Å². The molecule has 2 aromatic carbocycles. The first-order valence-electron chi connectivity index (χ1n) is 11.1. The molecular formula is C24H18Br2N6O6. The second-order valence-corrected chi connectivity index (χ2v) is 9.89. The molecule has 2 heterocycles. The molecule has 14 heteroatoms. The van der Waals surface area contributed by atoms with E-state index in [0.717, 1.165) is 6.20 Å². The molecule has 0 aliphatic heterocycles. The number of nitro benzene ring substituents is 1. The Labute approximate surface area is 231 Å². The first kappa shape index (κ1) is 27.0. The lowest BCUT2D eigenvalue weighted by atomic mass is 10.1. The molecule has 0 fully saturated rings. The lowest BCUT2D eigenvalue weighted by Gasteiger charge is -2.14. The van der Waals surface area contributed by atoms with Gasteiger partial charge < -0.3 is 4.74 Å². The van der Waals surface area contributed by atoms with Crippen molar-refractivity contribution in [3.05, 3.63) is 99.6 Å². The largest absolute Gasteiger partial charge is 0.431 e. The number of pyridine rings is 1. The van der Waals surface area contributed by atoms with Crippen molar-refractivity contribution in [3.63, 3.8) is 0 Å². The number of benzene rings is 2. The Morgan fingerprint density at radius 1 is 1.13 bits per heavy atom. The summed E-state index contributed by atoms with van der Waals surface area (Å²) in [6, 6.07) is 10.4. The number of aromatic nitrogens is 3. The molecular weight excluding hydrogens is 628 g/mol. The van der Waals surface area contributed by atoms with Gasteiger partial charge >= 0.3 is 5.69 Å². The van der Waals surface area contributed by atoms with Gasteiger partial charge in [-0.05, 0) is 46.6 Å². The van der Waals surface area contributed by atoms with E-state index in [4.69, 9.17) is 4.74 Å². The average Bonchev–Trinajstić information content (AvgIpc) is 2.89. The highest BCUT2D eigenvalue weighted by Gasteiger charge is 2.22. The molecule has 1 atom stereocenters. The van der Waals surface area contributed by atoms with Gasteiger partial charge in [-0.3, -0.25) is 25.0 Å². The van der Waals surface area contributed by atoms with E-state index in [-0.39, 0.29) is 33.3 Å². The molecule has 0 amide bonds. The van der Waals surface area contributed by atoms with E-state index >= 15 is 0 Å². The van der Waals surface area contributed by atoms with Gasteiger partial charge in [0.25, 0.3) is 11.2 Å². The van der Waals surface area contributed by atoms with E-state index in [1.165, 1.54) is 35.2 Å². The highest BCUT2D eigenvalue weighted by molar-refractivity contribution is 9.10. The van der Waals surface area contributed by atoms with E-state index in [9.17, 15) is 25.0 Å². The predicted octanol–water partition coefficient (Wildman–Crippen LogP) is 6.32. The zero-order valence-corrected chi connectivity index (χ0v) is 23.0. The van der Waals surface area contributed by atoms with Crippen LogP contribution in [0.25, 0.3) is 10.9 Å². The Bertz CT molecular complexity index is 1660. The third-order valence-electron chi connectivity index (χ3n) is 5.59. The minimum atomic E-state index is -0.644. The van der Waals surface area contributed by atoms with E-state index in [0.29, 0.717) is 33.2 Å². The summed E-state index contributed by atoms with van der Waals surface area (Å²) in [5, 5.41) is 27.4. The molecule has 2 aromatic heterocycles. The van der Waals surface area contributed by atoms with Crippen LogP contribution in [0.5, 0.6) is 11.6 Å². The van der Waals surface area contributed by atoms with Crippen LogP contribution in [-0.2, 0) is 0 Å². The Morgan fingerprint density at radius 2 is 1.89 bits per heavy atom. The Morgan fingerprint density at radius 3 is 2.53 bits per heavy atom. The van der Waals surface area contributed by atoms with E-state index in [1.807, 2.05) is 13.8 Å². The molecule has 194 valence electrons. The molecule has 4 rings (SSSR count). The van der Waals surface area contributed by atoms with E-state index in [2.05, 4.69) is 46.9 Å². The maximum absolute atomic E-state index is 13.3. The molecule has 0 bridgehead atoms. The van der Waals surface area contributed by atoms with Crippen molar-refractivity contribution in [1.29, 1.82) is 0 Å². The van der Waals surface area contributed by atoms with Crippen LogP contribution in [0.3, 0.4) is 0 Å². The van der Waals surface area contributed by atoms with Gasteiger partial charge in [-0.1, -0.05) is 29.8 Å². The van der Waals surface area contributed by atoms with Crippen molar-refractivity contribution in [2.45, 2.75) is 26.2 Å². The number of hydrogen-bond donors (Lipinski definition) is 0. The first-order chi connectivity index (χ1) is 18.1. The van der Waals surface area contributed by atoms with Crippen LogP contribution < -0.4 is 10.3 Å². The molecule has 0 saturated heterocycles. The lowest BCUT2D eigenvalue weighted by Crippen LogP contribution is -2.23. The van der Waals surface area contributed by atoms with Crippen LogP contribution in [-0.4, -0.2) is 30.7 Å². The second kappa shape index (κ2) is 11.1. The number of fused-ring (bicyclic) bond motifs is 1. The molecule has 0 saturated carbocycles. The SMILES string of the molecule is CC[C@@H](C)c1nc2ccc(Br)cc2c(=O)n1N=Cc1cc(Br)c(Oc2ccc([N+](=O)[O-])cn2)c([N+](=O)[O-])c1. The topological polar surface area (TPSA) is 156 Å². The zero-order chi connectivity index (χ0) is 27.6. The van der Waals surface area contributed by atoms with Gasteiger partial charge in [-0.15, -0.1) is 0 Å². The van der Waals surface area contributed by atoms with Crippen LogP contribution in [0.4, 0.5) is 11.4 Å². The summed E-state index contributed by atoms with van der Waals surface area (Å²) in [6.45, 7) is 3.90. The van der Waals surface area contributed by atoms with Gasteiger partial charge in [-0.25, -0.2) is 9.97 Å². The van der Waals surface area contributed by atoms with Crippen LogP contribution in [0.15, 0.2) is 67.5 Å². The lowest BCUT2D eigenvalue weighted by molar-refractivity contribution is -0.385. The van der Waals surface area contributed by atoms with Crippen molar-refractivity contribution < 1.29 is 14.6 Å². The summed E-state index contributed by atoms with van der Waals surface area (Å²) in [5.74, 6) is 0.155. The maximum Gasteiger partial charge on any atom is 0.313 e. The number of rotatable bonds is 8. The fraction of sp³-hybridized carbons (Fsp3) is 0.167. The molecule has 0 unspecified atom stereocenters. The smallest absolute Gasteiger partial charge is 0.313 e. The fourth-order valence-corrected chi connectivity index (χ4v) is 4.37. The standard InChI is InChI=1S/C24H18Br2N6O6/c1-3-13(2)23-29-19-6-4-15(25)10-17(19)24(33)30(23)28-11-14-8-18(26)22(20(9-14)32(36)37)38-21-7-5-16(12-27-21)31(34)35/h4-13H,3H2,1-2H3/t13-/m1/s1. The molecule has 0 aliphatic rings. The van der Waals surface area contributed by atoms with Gasteiger partial charge in [-0.2, -0.15) is 9.78 Å². The monoisotopic (exact) mass is 644 g/mol. The normalized spacial score (nSPS) is 12.1. The molecule has 0 spiro atoms. The van der Waals surface area contributed by atoms with Crippen molar-refractivity contribution in [1.82, 2.24) is 14.6 Å². The minimum absolute atomic E-state index is 0.0704. The Hall–Kier alpha value is -4.04. The van der Waals surface area contributed by atoms with Gasteiger partial charge in [0.15, 0.2) is 0 Å². The van der Waals surface area contributed by atoms with Crippen LogP contribution >= 0.6 is 31.9 Å². The summed E-state index contributed by atoms with van der Waals surface area (Å²) in [4.78, 5) is 43.2. The first-order valence-corrected chi connectivity index (χ1v) is 12.7. The molecule has 4 aromatic rings. The number of nitrogens with zero attached hydrogens (tertiary/aromatic N) is 6. The van der Waals surface area contributed by atoms with Crippen molar-refractivity contribution >= 4 is 60.4 Å². The van der Waals surface area contributed by atoms with Crippen molar-refractivity contribution in [3.8, 4) is 11.6 Å². The zero-order valence-electron chi connectivity index (χ0n) is 19.9. The van der Waals surface area contributed by atoms with Gasteiger partial charge in [0.1, 0.15) is 12.0 Å². The van der Waals surface area contributed by atoms with Gasteiger partial charge in [0.05, 0.1) is 31.4 Å². The Balaban J connectivity index is 1.76. The number of ether oxygens (including phenoxy) is 1. The molecule has 0 radical (unpaired) electrons. The summed E-state index contributed by atoms with van der Waals surface area (Å²) < 4.78 is 7.69. The molecule has 0 aliphatic carbocycles. The maximum atomic E-state index is 13.3. The highest BCUT2D eigenvalue weighted by atomic mass is 79.9. The van der Waals surface area contributed by atoms with E-state index in [1.54, 1.807) is 18.2 Å². The third kappa shape index (κ3) is 5.60. The number of hydrogen-bond acceptors (Lipinski definition) is 9. The summed E-state index contributed by atoms with van der Waals surface area (Å²) in [5.41, 5.74) is -0.180. The molecule has 12 nitrogen and oxygen atoms in total. The molecule has 0 N–H and O–H groups in total. The minimum Gasteiger partial charge on any atom is -0.431 e. The summed E-state index contributed by atoms with van der Waals surface area (Å²) in [6.07, 6.45) is 3.02. The quantitative estimate of drug-likeness (QED) is 0.122. The van der Waals surface area contributed by atoms with Crippen LogP contribution in [0.2, 0.25) is 0 Å². The third-order valence-corrected chi connectivity index (χ3v) is 6.67. The predicted molar refractivity (Wildman–Crippen MR) is 147 cm³/mol. The van der Waals surface area contributed by atoms with Crippen LogP contribution in [0, 0.1) is 20.2 Å². The molecule has 38 heavy (non-hydrogen) atoms. The second-order valence-electron chi connectivity index (χ2n) is 8.12. The van der Waals surface area contributed by atoms with E-state index < -0.39 is 15.5 Å². The fourth-order valence-electron chi connectivity index (χ4n) is 3.46. The van der Waals surface area contributed by atoms with Crippen molar-refractivity contribution in [2.75, 3.05) is 0 Å². The van der Waals surface area contributed by atoms with Crippen LogP contribution in [0.1, 0.15) is 37.6 Å².